The molecule has 0 bridgehead atoms. The van der Waals surface area contributed by atoms with Crippen molar-refractivity contribution < 1.29 is 5.11 Å². The van der Waals surface area contributed by atoms with E-state index in [0.717, 1.165) is 42.8 Å². The first kappa shape index (κ1) is 9.59. The SMILES string of the molecule is OC1CCN(c2ncnc3[nH]ccc23)CC1. The third kappa shape index (κ3) is 1.53. The fourth-order valence-electron chi connectivity index (χ4n) is 2.19. The van der Waals surface area contributed by atoms with Crippen LogP contribution in [-0.2, 0) is 0 Å². The van der Waals surface area contributed by atoms with Crippen LogP contribution < -0.4 is 4.90 Å². The number of piperidine rings is 1. The van der Waals surface area contributed by atoms with Crippen molar-refractivity contribution in [1.82, 2.24) is 15.0 Å². The Kier molecular flexibility index (Phi) is 2.25. The minimum atomic E-state index is -0.153. The summed E-state index contributed by atoms with van der Waals surface area (Å²) in [6.07, 6.45) is 4.94. The summed E-state index contributed by atoms with van der Waals surface area (Å²) in [5.74, 6) is 0.971. The standard InChI is InChI=1S/C11H14N4O/c16-8-2-5-15(6-3-8)11-9-1-4-12-10(9)13-7-14-11/h1,4,7-8,16H,2-3,5-6H2,(H,12,13,14). The molecule has 1 aliphatic heterocycles. The number of aromatic nitrogens is 3. The van der Waals surface area contributed by atoms with Gasteiger partial charge < -0.3 is 15.0 Å². The highest BCUT2D eigenvalue weighted by atomic mass is 16.3. The van der Waals surface area contributed by atoms with Gasteiger partial charge >= 0.3 is 0 Å². The molecule has 84 valence electrons. The number of H-pyrrole nitrogens is 1. The molecule has 1 aliphatic rings. The molecule has 5 nitrogen and oxygen atoms in total. The van der Waals surface area contributed by atoms with Crippen molar-refractivity contribution in [3.05, 3.63) is 18.6 Å². The molecule has 0 atom stereocenters. The van der Waals surface area contributed by atoms with Gasteiger partial charge in [0.1, 0.15) is 17.8 Å². The Balaban J connectivity index is 1.96. The molecule has 0 unspecified atom stereocenters. The van der Waals surface area contributed by atoms with Crippen LogP contribution in [0, 0.1) is 0 Å². The van der Waals surface area contributed by atoms with Crippen LogP contribution >= 0.6 is 0 Å². The maximum Gasteiger partial charge on any atom is 0.142 e. The number of hydrogen-bond donors (Lipinski definition) is 2. The molecule has 0 radical (unpaired) electrons. The maximum atomic E-state index is 9.48. The summed E-state index contributed by atoms with van der Waals surface area (Å²) >= 11 is 0. The third-order valence-corrected chi connectivity index (χ3v) is 3.10. The van der Waals surface area contributed by atoms with Crippen molar-refractivity contribution in [2.45, 2.75) is 18.9 Å². The molecule has 0 spiro atoms. The smallest absolute Gasteiger partial charge is 0.142 e. The van der Waals surface area contributed by atoms with E-state index in [1.54, 1.807) is 6.33 Å². The number of rotatable bonds is 1. The number of nitrogens with zero attached hydrogens (tertiary/aromatic N) is 3. The van der Waals surface area contributed by atoms with Crippen LogP contribution in [0.2, 0.25) is 0 Å². The number of nitrogens with one attached hydrogen (secondary N) is 1. The van der Waals surface area contributed by atoms with Crippen molar-refractivity contribution in [2.75, 3.05) is 18.0 Å². The molecule has 2 aromatic heterocycles. The van der Waals surface area contributed by atoms with Crippen molar-refractivity contribution in [3.8, 4) is 0 Å². The van der Waals surface area contributed by atoms with Crippen LogP contribution in [0.1, 0.15) is 12.8 Å². The number of aliphatic hydroxyl groups excluding tert-OH is 1. The average Bonchev–Trinajstić information content (AvgIpc) is 2.78. The van der Waals surface area contributed by atoms with E-state index in [1.807, 2.05) is 12.3 Å². The highest BCUT2D eigenvalue weighted by molar-refractivity contribution is 5.87. The van der Waals surface area contributed by atoms with Crippen molar-refractivity contribution in [2.24, 2.45) is 0 Å². The average molecular weight is 218 g/mol. The first-order chi connectivity index (χ1) is 7.84. The lowest BCUT2D eigenvalue weighted by atomic mass is 10.1. The number of hydrogen-bond acceptors (Lipinski definition) is 4. The van der Waals surface area contributed by atoms with Gasteiger partial charge in [0.25, 0.3) is 0 Å². The highest BCUT2D eigenvalue weighted by Gasteiger charge is 2.19. The molecule has 0 amide bonds. The summed E-state index contributed by atoms with van der Waals surface area (Å²) < 4.78 is 0. The predicted molar refractivity (Wildman–Crippen MR) is 61.3 cm³/mol. The predicted octanol–water partition coefficient (Wildman–Crippen LogP) is 0.919. The van der Waals surface area contributed by atoms with E-state index in [4.69, 9.17) is 0 Å². The van der Waals surface area contributed by atoms with Crippen molar-refractivity contribution in [1.29, 1.82) is 0 Å². The molecule has 0 saturated carbocycles. The topological polar surface area (TPSA) is 65.0 Å². The van der Waals surface area contributed by atoms with Gasteiger partial charge in [-0.1, -0.05) is 0 Å². The number of aliphatic hydroxyl groups is 1. The molecule has 0 aliphatic carbocycles. The quantitative estimate of drug-likeness (QED) is 0.747. The van der Waals surface area contributed by atoms with E-state index < -0.39 is 0 Å². The summed E-state index contributed by atoms with van der Waals surface area (Å²) in [7, 11) is 0. The van der Waals surface area contributed by atoms with Crippen LogP contribution in [0.4, 0.5) is 5.82 Å². The largest absolute Gasteiger partial charge is 0.393 e. The summed E-state index contributed by atoms with van der Waals surface area (Å²) in [4.78, 5) is 13.8. The zero-order chi connectivity index (χ0) is 11.0. The van der Waals surface area contributed by atoms with Crippen LogP contribution in [0.5, 0.6) is 0 Å². The first-order valence-electron chi connectivity index (χ1n) is 5.56. The molecule has 1 fully saturated rings. The summed E-state index contributed by atoms with van der Waals surface area (Å²) in [5, 5.41) is 10.5. The second-order valence-corrected chi connectivity index (χ2v) is 4.16. The van der Waals surface area contributed by atoms with Crippen LogP contribution in [0.3, 0.4) is 0 Å². The monoisotopic (exact) mass is 218 g/mol. The molecular weight excluding hydrogens is 204 g/mol. The Morgan fingerprint density at radius 3 is 2.94 bits per heavy atom. The summed E-state index contributed by atoms with van der Waals surface area (Å²) in [6, 6.07) is 2.00. The molecule has 3 heterocycles. The molecule has 16 heavy (non-hydrogen) atoms. The summed E-state index contributed by atoms with van der Waals surface area (Å²) in [5.41, 5.74) is 0.871. The molecule has 5 heteroatoms. The fourth-order valence-corrected chi connectivity index (χ4v) is 2.19. The van der Waals surface area contributed by atoms with Gasteiger partial charge in [-0.15, -0.1) is 0 Å². The third-order valence-electron chi connectivity index (χ3n) is 3.10. The second kappa shape index (κ2) is 3.75. The molecule has 2 aromatic rings. The molecule has 0 aromatic carbocycles. The zero-order valence-corrected chi connectivity index (χ0v) is 8.93. The Morgan fingerprint density at radius 2 is 2.12 bits per heavy atom. The lowest BCUT2D eigenvalue weighted by Crippen LogP contribution is -2.36. The Hall–Kier alpha value is -1.62. The van der Waals surface area contributed by atoms with Gasteiger partial charge in [0.2, 0.25) is 0 Å². The maximum absolute atomic E-state index is 9.48. The lowest BCUT2D eigenvalue weighted by Gasteiger charge is -2.30. The van der Waals surface area contributed by atoms with E-state index in [9.17, 15) is 5.11 Å². The van der Waals surface area contributed by atoms with Gasteiger partial charge in [0.15, 0.2) is 0 Å². The minimum absolute atomic E-state index is 0.153. The number of fused-ring (bicyclic) bond motifs is 1. The van der Waals surface area contributed by atoms with Gasteiger partial charge in [0, 0.05) is 19.3 Å². The van der Waals surface area contributed by atoms with Crippen molar-refractivity contribution >= 4 is 16.9 Å². The fraction of sp³-hybridized carbons (Fsp3) is 0.455. The van der Waals surface area contributed by atoms with Crippen molar-refractivity contribution in [3.63, 3.8) is 0 Å². The zero-order valence-electron chi connectivity index (χ0n) is 8.93. The second-order valence-electron chi connectivity index (χ2n) is 4.16. The van der Waals surface area contributed by atoms with Gasteiger partial charge in [0.05, 0.1) is 11.5 Å². The number of aromatic amines is 1. The Morgan fingerprint density at radius 1 is 1.31 bits per heavy atom. The van der Waals surface area contributed by atoms with Gasteiger partial charge in [-0.2, -0.15) is 0 Å². The van der Waals surface area contributed by atoms with Gasteiger partial charge in [-0.25, -0.2) is 9.97 Å². The van der Waals surface area contributed by atoms with E-state index in [-0.39, 0.29) is 6.10 Å². The van der Waals surface area contributed by atoms with Gasteiger partial charge in [-0.05, 0) is 18.9 Å². The lowest BCUT2D eigenvalue weighted by molar-refractivity contribution is 0.145. The minimum Gasteiger partial charge on any atom is -0.393 e. The molecule has 1 saturated heterocycles. The summed E-state index contributed by atoms with van der Waals surface area (Å²) in [6.45, 7) is 1.72. The Bertz CT molecular complexity index is 487. The van der Waals surface area contributed by atoms with Crippen LogP contribution in [-0.4, -0.2) is 39.3 Å². The van der Waals surface area contributed by atoms with E-state index in [0.29, 0.717) is 0 Å². The normalized spacial score (nSPS) is 18.2. The van der Waals surface area contributed by atoms with E-state index >= 15 is 0 Å². The van der Waals surface area contributed by atoms with Gasteiger partial charge in [-0.3, -0.25) is 0 Å². The van der Waals surface area contributed by atoms with Crippen LogP contribution in [0.15, 0.2) is 18.6 Å². The first-order valence-corrected chi connectivity index (χ1v) is 5.56. The Labute approximate surface area is 93.1 Å². The molecular formula is C11H14N4O. The molecule has 3 rings (SSSR count). The van der Waals surface area contributed by atoms with E-state index in [1.165, 1.54) is 0 Å². The number of anilines is 1. The molecule has 2 N–H and O–H groups in total. The van der Waals surface area contributed by atoms with Crippen LogP contribution in [0.25, 0.3) is 11.0 Å². The van der Waals surface area contributed by atoms with E-state index in [2.05, 4.69) is 19.9 Å². The highest BCUT2D eigenvalue weighted by Crippen LogP contribution is 2.24.